The summed E-state index contributed by atoms with van der Waals surface area (Å²) in [6.45, 7) is 0. The third-order valence-corrected chi connectivity index (χ3v) is 9.11. The van der Waals surface area contributed by atoms with E-state index in [0.717, 1.165) is 28.3 Å². The molecule has 0 atom stereocenters. The van der Waals surface area contributed by atoms with Gasteiger partial charge in [0.05, 0.1) is 26.9 Å². The lowest BCUT2D eigenvalue weighted by molar-refractivity contribution is 0.460. The van der Waals surface area contributed by atoms with E-state index < -0.39 is 30.0 Å². The maximum Gasteiger partial charge on any atom is 0.143 e. The standard InChI is InChI=1S/C34H25N5O7S2/c35-29-16-17-30(28-8-4-3-7-27(28)29)38-36-24-14-11-22(32(19-24)47(41,42)43)9-10-23-12-15-25(20-33(23)48(44,45)46)37-39-34-26-6-2-1-5-21(26)13-18-31(34)40/h1-20,40H,35H2,(H,41,42,43)(H,44,45,46)/p-2. The molecule has 6 aromatic carbocycles. The second-order valence-electron chi connectivity index (χ2n) is 10.5. The molecule has 240 valence electrons. The number of hydrogen-bond donors (Lipinski definition) is 2. The van der Waals surface area contributed by atoms with Gasteiger partial charge in [0.25, 0.3) is 0 Å². The van der Waals surface area contributed by atoms with E-state index in [1.54, 1.807) is 30.3 Å². The smallest absolute Gasteiger partial charge is 0.143 e. The van der Waals surface area contributed by atoms with Crippen molar-refractivity contribution in [3.05, 3.63) is 120 Å². The predicted molar refractivity (Wildman–Crippen MR) is 180 cm³/mol. The molecule has 0 aliphatic heterocycles. The van der Waals surface area contributed by atoms with E-state index in [2.05, 4.69) is 20.5 Å². The molecular weight excluding hydrogens is 655 g/mol. The first-order valence-electron chi connectivity index (χ1n) is 14.1. The van der Waals surface area contributed by atoms with Gasteiger partial charge in [0, 0.05) is 21.8 Å². The van der Waals surface area contributed by atoms with Crippen molar-refractivity contribution in [3.8, 4) is 5.75 Å². The summed E-state index contributed by atoms with van der Waals surface area (Å²) in [4.78, 5) is -1.30. The minimum Gasteiger partial charge on any atom is -0.744 e. The lowest BCUT2D eigenvalue weighted by Crippen LogP contribution is -2.02. The Morgan fingerprint density at radius 2 is 1.12 bits per heavy atom. The molecule has 0 saturated heterocycles. The van der Waals surface area contributed by atoms with Crippen LogP contribution in [0.1, 0.15) is 11.1 Å². The first kappa shape index (κ1) is 32.2. The van der Waals surface area contributed by atoms with Gasteiger partial charge < -0.3 is 19.9 Å². The van der Waals surface area contributed by atoms with Gasteiger partial charge in [-0.2, -0.15) is 10.2 Å². The molecule has 3 N–H and O–H groups in total. The molecule has 0 saturated carbocycles. The van der Waals surface area contributed by atoms with Crippen molar-refractivity contribution in [1.29, 1.82) is 0 Å². The summed E-state index contributed by atoms with van der Waals surface area (Å²) in [7, 11) is -10.1. The van der Waals surface area contributed by atoms with Crippen LogP contribution in [0, 0.1) is 0 Å². The average molecular weight is 678 g/mol. The zero-order chi connectivity index (χ0) is 34.1. The number of rotatable bonds is 8. The van der Waals surface area contributed by atoms with Gasteiger partial charge >= 0.3 is 0 Å². The number of phenols is 1. The van der Waals surface area contributed by atoms with Gasteiger partial charge in [-0.3, -0.25) is 0 Å². The largest absolute Gasteiger partial charge is 0.744 e. The third kappa shape index (κ3) is 6.82. The van der Waals surface area contributed by atoms with E-state index in [1.807, 2.05) is 36.4 Å². The number of benzene rings is 6. The highest BCUT2D eigenvalue weighted by atomic mass is 32.2. The van der Waals surface area contributed by atoms with Gasteiger partial charge in [-0.1, -0.05) is 78.9 Å². The summed E-state index contributed by atoms with van der Waals surface area (Å²) in [5.74, 6) is -0.149. The Balaban J connectivity index is 1.33. The van der Waals surface area contributed by atoms with Crippen LogP contribution in [-0.2, 0) is 20.2 Å². The van der Waals surface area contributed by atoms with E-state index in [0.29, 0.717) is 16.8 Å². The molecule has 0 fully saturated rings. The molecule has 6 aromatic rings. The minimum absolute atomic E-state index is 0.000305. The summed E-state index contributed by atoms with van der Waals surface area (Å²) in [5, 5.41) is 29.6. The summed E-state index contributed by atoms with van der Waals surface area (Å²) >= 11 is 0. The Bertz CT molecular complexity index is 2550. The number of aromatic hydroxyl groups is 1. The second-order valence-corrected chi connectivity index (χ2v) is 13.2. The number of nitrogens with two attached hydrogens (primary N) is 1. The Labute approximate surface area is 274 Å². The van der Waals surface area contributed by atoms with E-state index in [9.17, 15) is 31.0 Å². The van der Waals surface area contributed by atoms with E-state index in [-0.39, 0.29) is 33.9 Å². The Hall–Kier alpha value is -5.80. The molecule has 6 rings (SSSR count). The quantitative estimate of drug-likeness (QED) is 0.0694. The number of azo groups is 2. The van der Waals surface area contributed by atoms with Crippen LogP contribution in [0.2, 0.25) is 0 Å². The zero-order valence-electron chi connectivity index (χ0n) is 24.6. The van der Waals surface area contributed by atoms with Gasteiger partial charge in [-0.15, -0.1) is 10.2 Å². The number of nitrogen functional groups attached to an aromatic ring is 1. The Kier molecular flexibility index (Phi) is 8.56. The minimum atomic E-state index is -5.05. The van der Waals surface area contributed by atoms with Crippen LogP contribution in [0.15, 0.2) is 139 Å². The van der Waals surface area contributed by atoms with Crippen molar-refractivity contribution in [2.45, 2.75) is 9.79 Å². The maximum absolute atomic E-state index is 12.2. The second kappa shape index (κ2) is 12.8. The molecule has 0 bridgehead atoms. The summed E-state index contributed by atoms with van der Waals surface area (Å²) in [6.07, 6.45) is 2.38. The molecule has 0 aliphatic rings. The summed E-state index contributed by atoms with van der Waals surface area (Å²) in [6, 6.07) is 28.3. The first-order valence-corrected chi connectivity index (χ1v) is 16.9. The van der Waals surface area contributed by atoms with Crippen LogP contribution < -0.4 is 5.73 Å². The van der Waals surface area contributed by atoms with Crippen molar-refractivity contribution in [3.63, 3.8) is 0 Å². The fourth-order valence-corrected chi connectivity index (χ4v) is 6.40. The number of nitrogens with zero attached hydrogens (tertiary/aromatic N) is 4. The van der Waals surface area contributed by atoms with Gasteiger partial charge in [-0.25, -0.2) is 16.8 Å². The highest BCUT2D eigenvalue weighted by molar-refractivity contribution is 7.86. The maximum atomic E-state index is 12.2. The van der Waals surface area contributed by atoms with Crippen molar-refractivity contribution >= 4 is 82.4 Å². The lowest BCUT2D eigenvalue weighted by atomic mass is 10.1. The van der Waals surface area contributed by atoms with E-state index in [4.69, 9.17) is 5.73 Å². The average Bonchev–Trinajstić information content (AvgIpc) is 3.06. The highest BCUT2D eigenvalue weighted by Crippen LogP contribution is 2.37. The van der Waals surface area contributed by atoms with Crippen molar-refractivity contribution in [1.82, 2.24) is 0 Å². The molecule has 0 unspecified atom stereocenters. The highest BCUT2D eigenvalue weighted by Gasteiger charge is 2.13. The molecule has 0 amide bonds. The van der Waals surface area contributed by atoms with Crippen LogP contribution >= 0.6 is 0 Å². The first-order chi connectivity index (χ1) is 22.9. The molecule has 14 heteroatoms. The molecule has 0 aliphatic carbocycles. The topological polar surface area (TPSA) is 210 Å². The van der Waals surface area contributed by atoms with Gasteiger partial charge in [0.2, 0.25) is 0 Å². The molecule has 0 spiro atoms. The lowest BCUT2D eigenvalue weighted by Gasteiger charge is -2.13. The Morgan fingerprint density at radius 1 is 0.583 bits per heavy atom. The fraction of sp³-hybridized carbons (Fsp3) is 0. The number of fused-ring (bicyclic) bond motifs is 2. The summed E-state index contributed by atoms with van der Waals surface area (Å²) in [5.41, 5.74) is 7.11. The number of anilines is 1. The fourth-order valence-electron chi connectivity index (χ4n) is 5.02. The predicted octanol–water partition coefficient (Wildman–Crippen LogP) is 8.09. The molecule has 0 heterocycles. The van der Waals surface area contributed by atoms with Crippen LogP contribution in [0.25, 0.3) is 33.7 Å². The van der Waals surface area contributed by atoms with Gasteiger partial charge in [0.1, 0.15) is 31.7 Å². The monoisotopic (exact) mass is 677 g/mol. The zero-order valence-corrected chi connectivity index (χ0v) is 26.3. The SMILES string of the molecule is Nc1ccc(N=Nc2ccc(C=Cc3ccc(N=Nc4c(O)ccc5ccccc45)cc3S(=O)(=O)[O-])c(S(=O)(=O)[O-])c2)c2ccccc12. The van der Waals surface area contributed by atoms with E-state index in [1.165, 1.54) is 42.5 Å². The van der Waals surface area contributed by atoms with Crippen LogP contribution in [0.5, 0.6) is 5.75 Å². The van der Waals surface area contributed by atoms with Crippen LogP contribution in [0.3, 0.4) is 0 Å². The van der Waals surface area contributed by atoms with E-state index >= 15 is 0 Å². The Morgan fingerprint density at radius 3 is 1.73 bits per heavy atom. The van der Waals surface area contributed by atoms with Gasteiger partial charge in [-0.05, 0) is 59.0 Å². The van der Waals surface area contributed by atoms with Crippen molar-refractivity contribution in [2.24, 2.45) is 20.5 Å². The van der Waals surface area contributed by atoms with Crippen LogP contribution in [-0.4, -0.2) is 31.0 Å². The van der Waals surface area contributed by atoms with Crippen molar-refractivity contribution < 1.29 is 31.0 Å². The molecule has 48 heavy (non-hydrogen) atoms. The third-order valence-electron chi connectivity index (χ3n) is 7.33. The molecule has 0 aromatic heterocycles. The van der Waals surface area contributed by atoms with Crippen molar-refractivity contribution in [2.75, 3.05) is 5.73 Å². The molecule has 12 nitrogen and oxygen atoms in total. The normalized spacial score (nSPS) is 12.6. The number of hydrogen-bond acceptors (Lipinski definition) is 12. The van der Waals surface area contributed by atoms with Gasteiger partial charge in [0.15, 0.2) is 0 Å². The summed E-state index contributed by atoms with van der Waals surface area (Å²) < 4.78 is 73.2. The van der Waals surface area contributed by atoms with Crippen LogP contribution in [0.4, 0.5) is 28.4 Å². The number of phenolic OH excluding ortho intramolecular Hbond substituents is 1. The molecular formula is C34H23N5O7S2-2. The molecule has 0 radical (unpaired) electrons.